The summed E-state index contributed by atoms with van der Waals surface area (Å²) in [4.78, 5) is 14.8. The maximum absolute atomic E-state index is 13.0. The fourth-order valence-electron chi connectivity index (χ4n) is 1.90. The Hall–Kier alpha value is -2.73. The molecule has 0 fully saturated rings. The van der Waals surface area contributed by atoms with Crippen LogP contribution in [0, 0.1) is 0 Å². The van der Waals surface area contributed by atoms with Gasteiger partial charge in [0.05, 0.1) is 12.5 Å². The van der Waals surface area contributed by atoms with Gasteiger partial charge in [0.15, 0.2) is 6.29 Å². The zero-order valence-corrected chi connectivity index (χ0v) is 11.9. The summed E-state index contributed by atoms with van der Waals surface area (Å²) in [7, 11) is -4.22. The number of nitrogens with zero attached hydrogens (tertiary/aromatic N) is 2. The Labute approximate surface area is 134 Å². The predicted molar refractivity (Wildman–Crippen MR) is 82.1 cm³/mol. The number of hydrogen-bond acceptors (Lipinski definition) is 4. The molecule has 2 aromatic heterocycles. The molecule has 0 amide bonds. The molecule has 0 N–H and O–H groups in total. The van der Waals surface area contributed by atoms with E-state index in [0.29, 0.717) is 6.29 Å². The van der Waals surface area contributed by atoms with Crippen LogP contribution in [-0.2, 0) is 10.0 Å². The van der Waals surface area contributed by atoms with E-state index in [4.69, 9.17) is 6.85 Å². The Kier molecular flexibility index (Phi) is 2.36. The van der Waals surface area contributed by atoms with Crippen LogP contribution in [0.2, 0.25) is 0 Å². The van der Waals surface area contributed by atoms with Crippen LogP contribution in [0.5, 0.6) is 0 Å². The highest BCUT2D eigenvalue weighted by molar-refractivity contribution is 7.90. The number of aromatic nitrogens is 2. The molecular weight excluding hydrogens is 300 g/mol. The third-order valence-electron chi connectivity index (χ3n) is 2.89. The molecule has 2 heterocycles. The molecule has 0 aliphatic carbocycles. The fourth-order valence-corrected chi connectivity index (χ4v) is 3.24. The highest BCUT2D eigenvalue weighted by atomic mass is 32.2. The summed E-state index contributed by atoms with van der Waals surface area (Å²) in [6, 6.07) is 0.927. The minimum absolute atomic E-state index is 0.0238. The first-order valence-electron chi connectivity index (χ1n) is 8.60. The molecule has 110 valence electrons. The lowest BCUT2D eigenvalue weighted by Gasteiger charge is -2.10. The number of carbonyl (C=O) groups is 1. The van der Waals surface area contributed by atoms with Crippen molar-refractivity contribution in [3.63, 3.8) is 0 Å². The Morgan fingerprint density at radius 1 is 1.23 bits per heavy atom. The summed E-state index contributed by atoms with van der Waals surface area (Å²) in [6.45, 7) is 0. The average Bonchev–Trinajstić information content (AvgIpc) is 3.10. The van der Waals surface area contributed by atoms with Crippen molar-refractivity contribution in [3.8, 4) is 11.3 Å². The van der Waals surface area contributed by atoms with Gasteiger partial charge in [-0.15, -0.1) is 0 Å². The molecule has 22 heavy (non-hydrogen) atoms. The summed E-state index contributed by atoms with van der Waals surface area (Å²) < 4.78 is 66.0. The summed E-state index contributed by atoms with van der Waals surface area (Å²) >= 11 is 0. The van der Waals surface area contributed by atoms with Crippen molar-refractivity contribution < 1.29 is 20.1 Å². The van der Waals surface area contributed by atoms with Gasteiger partial charge in [0.1, 0.15) is 4.90 Å². The summed E-state index contributed by atoms with van der Waals surface area (Å²) in [5, 5.41) is 0. The molecule has 0 spiro atoms. The van der Waals surface area contributed by atoms with Crippen LogP contribution >= 0.6 is 0 Å². The second-order valence-corrected chi connectivity index (χ2v) is 6.08. The van der Waals surface area contributed by atoms with E-state index >= 15 is 0 Å². The lowest BCUT2D eigenvalue weighted by atomic mass is 10.1. The standard InChI is InChI=1S/C16H12N2O3S/c19-12-13-9-16(14-5-2-1-3-6-14)18(11-13)22(20,21)15-7-4-8-17-10-15/h1-12H/i1D,2D,3D,5D,6D. The third kappa shape index (κ3) is 2.44. The zero-order valence-electron chi connectivity index (χ0n) is 16.1. The van der Waals surface area contributed by atoms with Gasteiger partial charge in [-0.25, -0.2) is 12.4 Å². The van der Waals surface area contributed by atoms with Crippen molar-refractivity contribution in [1.29, 1.82) is 0 Å². The van der Waals surface area contributed by atoms with Crippen molar-refractivity contribution in [2.45, 2.75) is 4.90 Å². The number of aldehydes is 1. The van der Waals surface area contributed by atoms with E-state index in [1.54, 1.807) is 0 Å². The smallest absolute Gasteiger partial charge is 0.269 e. The first-order chi connectivity index (χ1) is 12.7. The Bertz CT molecular complexity index is 1130. The second kappa shape index (κ2) is 5.57. The van der Waals surface area contributed by atoms with Gasteiger partial charge in [-0.1, -0.05) is 30.2 Å². The van der Waals surface area contributed by atoms with E-state index in [9.17, 15) is 13.2 Å². The molecule has 0 aliphatic rings. The molecule has 5 nitrogen and oxygen atoms in total. The SMILES string of the molecule is [2H]c1c([2H])c([2H])c(-c2cc(C=O)cn2S(=O)(=O)c2cccnc2)c([2H])c1[2H]. The van der Waals surface area contributed by atoms with E-state index in [2.05, 4.69) is 4.98 Å². The molecule has 0 unspecified atom stereocenters. The lowest BCUT2D eigenvalue weighted by Crippen LogP contribution is -2.13. The molecular formula is C16H12N2O3S. The quantitative estimate of drug-likeness (QED) is 0.694. The molecule has 3 rings (SSSR count). The number of pyridine rings is 1. The second-order valence-electron chi connectivity index (χ2n) is 4.27. The van der Waals surface area contributed by atoms with Crippen LogP contribution in [-0.4, -0.2) is 23.7 Å². The number of carbonyl (C=O) groups excluding carboxylic acids is 1. The molecule has 0 bridgehead atoms. The van der Waals surface area contributed by atoms with E-state index in [1.165, 1.54) is 18.3 Å². The highest BCUT2D eigenvalue weighted by Crippen LogP contribution is 2.26. The molecule has 3 aromatic rings. The van der Waals surface area contributed by atoms with Gasteiger partial charge in [0, 0.05) is 24.2 Å². The highest BCUT2D eigenvalue weighted by Gasteiger charge is 2.21. The number of benzene rings is 1. The molecule has 0 atom stereocenters. The largest absolute Gasteiger partial charge is 0.298 e. The first-order valence-corrected chi connectivity index (χ1v) is 7.54. The van der Waals surface area contributed by atoms with Crippen LogP contribution < -0.4 is 0 Å². The summed E-state index contributed by atoms with van der Waals surface area (Å²) in [5.74, 6) is 0. The van der Waals surface area contributed by atoms with Crippen LogP contribution in [0.25, 0.3) is 11.3 Å². The van der Waals surface area contributed by atoms with E-state index in [1.807, 2.05) is 0 Å². The average molecular weight is 317 g/mol. The zero-order chi connectivity index (χ0) is 19.9. The lowest BCUT2D eigenvalue weighted by molar-refractivity contribution is 0.112. The molecule has 1 aromatic carbocycles. The monoisotopic (exact) mass is 317 g/mol. The van der Waals surface area contributed by atoms with Crippen LogP contribution in [0.4, 0.5) is 0 Å². The van der Waals surface area contributed by atoms with Gasteiger partial charge in [-0.2, -0.15) is 0 Å². The fraction of sp³-hybridized carbons (Fsp3) is 0. The van der Waals surface area contributed by atoms with Gasteiger partial charge in [-0.3, -0.25) is 9.78 Å². The summed E-state index contributed by atoms with van der Waals surface area (Å²) in [6.07, 6.45) is 3.95. The van der Waals surface area contributed by atoms with Crippen LogP contribution in [0.3, 0.4) is 0 Å². The van der Waals surface area contributed by atoms with Gasteiger partial charge in [-0.05, 0) is 23.8 Å². The van der Waals surface area contributed by atoms with E-state index in [-0.39, 0.29) is 21.7 Å². The topological polar surface area (TPSA) is 69.0 Å². The van der Waals surface area contributed by atoms with E-state index in [0.717, 1.165) is 22.4 Å². The molecule has 0 radical (unpaired) electrons. The van der Waals surface area contributed by atoms with Crippen molar-refractivity contribution in [2.75, 3.05) is 0 Å². The Balaban J connectivity index is 2.39. The van der Waals surface area contributed by atoms with Crippen molar-refractivity contribution >= 4 is 16.3 Å². The van der Waals surface area contributed by atoms with Gasteiger partial charge < -0.3 is 0 Å². The minimum Gasteiger partial charge on any atom is -0.298 e. The van der Waals surface area contributed by atoms with Gasteiger partial charge >= 0.3 is 0 Å². The normalized spacial score (nSPS) is 14.5. The first kappa shape index (κ1) is 9.32. The minimum atomic E-state index is -4.22. The summed E-state index contributed by atoms with van der Waals surface area (Å²) in [5.41, 5.74) is -0.552. The maximum atomic E-state index is 13.0. The predicted octanol–water partition coefficient (Wildman–Crippen LogP) is 2.60. The van der Waals surface area contributed by atoms with Crippen molar-refractivity contribution in [1.82, 2.24) is 8.96 Å². The van der Waals surface area contributed by atoms with Gasteiger partial charge in [0.25, 0.3) is 10.0 Å². The molecule has 0 saturated carbocycles. The van der Waals surface area contributed by atoms with E-state index < -0.39 is 40.2 Å². The Morgan fingerprint density at radius 2 is 2.00 bits per heavy atom. The Morgan fingerprint density at radius 3 is 2.64 bits per heavy atom. The molecule has 0 saturated heterocycles. The molecule has 0 aliphatic heterocycles. The van der Waals surface area contributed by atoms with Crippen molar-refractivity contribution in [3.05, 3.63) is 72.6 Å². The third-order valence-corrected chi connectivity index (χ3v) is 4.55. The van der Waals surface area contributed by atoms with Crippen LogP contribution in [0.1, 0.15) is 17.2 Å². The van der Waals surface area contributed by atoms with Crippen LogP contribution in [0.15, 0.2) is 71.9 Å². The molecule has 6 heteroatoms. The van der Waals surface area contributed by atoms with Gasteiger partial charge in [0.2, 0.25) is 0 Å². The van der Waals surface area contributed by atoms with Crippen molar-refractivity contribution in [2.24, 2.45) is 0 Å². The number of hydrogen-bond donors (Lipinski definition) is 0. The maximum Gasteiger partial charge on any atom is 0.269 e. The number of rotatable bonds is 4.